The lowest BCUT2D eigenvalue weighted by molar-refractivity contribution is -0.146. The molecule has 0 aliphatic carbocycles. The highest BCUT2D eigenvalue weighted by Crippen LogP contribution is 2.07. The van der Waals surface area contributed by atoms with Crippen molar-refractivity contribution in [3.8, 4) is 5.75 Å². The monoisotopic (exact) mass is 240 g/mol. The molecule has 1 aromatic heterocycles. The Hall–Kier alpha value is -2.15. The molecule has 0 saturated carbocycles. The first-order valence-electron chi connectivity index (χ1n) is 4.84. The smallest absolute Gasteiger partial charge is 0.332 e. The van der Waals surface area contributed by atoms with Crippen molar-refractivity contribution in [2.24, 2.45) is 0 Å². The van der Waals surface area contributed by atoms with Gasteiger partial charge >= 0.3 is 5.97 Å². The minimum absolute atomic E-state index is 0.0158. The first-order chi connectivity index (χ1) is 8.00. The summed E-state index contributed by atoms with van der Waals surface area (Å²) in [5.74, 6) is -1.97. The maximum absolute atomic E-state index is 11.5. The zero-order valence-corrected chi connectivity index (χ0v) is 8.83. The van der Waals surface area contributed by atoms with Gasteiger partial charge in [-0.1, -0.05) is 0 Å². The molecule has 4 N–H and O–H groups in total. The molecule has 1 aromatic rings. The average Bonchev–Trinajstić information content (AvgIpc) is 2.28. The Kier molecular flexibility index (Phi) is 4.41. The number of rotatable bonds is 5. The average molecular weight is 240 g/mol. The molecule has 0 radical (unpaired) electrons. The first-order valence-corrected chi connectivity index (χ1v) is 4.84. The quantitative estimate of drug-likeness (QED) is 0.543. The zero-order valence-electron chi connectivity index (χ0n) is 8.83. The lowest BCUT2D eigenvalue weighted by atomic mass is 10.2. The van der Waals surface area contributed by atoms with Crippen LogP contribution in [0.2, 0.25) is 0 Å². The van der Waals surface area contributed by atoms with Crippen LogP contribution in [0.1, 0.15) is 16.8 Å². The van der Waals surface area contributed by atoms with Crippen molar-refractivity contribution in [2.75, 3.05) is 6.54 Å². The van der Waals surface area contributed by atoms with E-state index in [1.54, 1.807) is 0 Å². The van der Waals surface area contributed by atoms with Gasteiger partial charge in [-0.15, -0.1) is 0 Å². The molecule has 7 heteroatoms. The summed E-state index contributed by atoms with van der Waals surface area (Å²) in [6.07, 6.45) is 0.860. The molecule has 92 valence electrons. The van der Waals surface area contributed by atoms with E-state index in [0.717, 1.165) is 0 Å². The van der Waals surface area contributed by atoms with Gasteiger partial charge in [-0.05, 0) is 6.07 Å². The molecule has 0 bridgehead atoms. The maximum atomic E-state index is 11.5. The van der Waals surface area contributed by atoms with E-state index in [-0.39, 0.29) is 24.3 Å². The fraction of sp³-hybridized carbons (Fsp3) is 0.300. The van der Waals surface area contributed by atoms with Crippen LogP contribution in [0.5, 0.6) is 5.75 Å². The minimum Gasteiger partial charge on any atom is -0.506 e. The van der Waals surface area contributed by atoms with Crippen LogP contribution in [0.15, 0.2) is 18.5 Å². The van der Waals surface area contributed by atoms with Crippen molar-refractivity contribution in [1.82, 2.24) is 10.3 Å². The van der Waals surface area contributed by atoms with E-state index in [1.807, 2.05) is 0 Å². The highest BCUT2D eigenvalue weighted by atomic mass is 16.4. The number of amides is 1. The van der Waals surface area contributed by atoms with Crippen LogP contribution in [-0.2, 0) is 4.79 Å². The Bertz CT molecular complexity index is 421. The molecular weight excluding hydrogens is 228 g/mol. The number of hydrogen-bond acceptors (Lipinski definition) is 5. The van der Waals surface area contributed by atoms with Crippen molar-refractivity contribution >= 4 is 11.9 Å². The Morgan fingerprint density at radius 1 is 1.41 bits per heavy atom. The second-order valence-corrected chi connectivity index (χ2v) is 3.33. The standard InChI is InChI=1S/C10H12N2O5/c13-7-3-6(4-11-5-7)9(15)12-2-1-8(14)10(16)17/h3-5,8,13-14H,1-2H2,(H,12,15)(H,16,17). The number of nitrogens with zero attached hydrogens (tertiary/aromatic N) is 1. The number of carbonyl (C=O) groups excluding carboxylic acids is 1. The van der Waals surface area contributed by atoms with E-state index in [0.29, 0.717) is 0 Å². The predicted molar refractivity (Wildman–Crippen MR) is 56.5 cm³/mol. The molecular formula is C10H12N2O5. The van der Waals surface area contributed by atoms with E-state index >= 15 is 0 Å². The summed E-state index contributed by atoms with van der Waals surface area (Å²) in [6, 6.07) is 1.23. The van der Waals surface area contributed by atoms with Gasteiger partial charge in [-0.25, -0.2) is 4.79 Å². The molecule has 0 fully saturated rings. The van der Waals surface area contributed by atoms with Gasteiger partial charge in [0.15, 0.2) is 6.10 Å². The molecule has 1 amide bonds. The topological polar surface area (TPSA) is 120 Å². The summed E-state index contributed by atoms with van der Waals surface area (Å²) < 4.78 is 0. The number of aliphatic hydroxyl groups excluding tert-OH is 1. The summed E-state index contributed by atoms with van der Waals surface area (Å²) in [5.41, 5.74) is 0.162. The second kappa shape index (κ2) is 5.80. The van der Waals surface area contributed by atoms with Gasteiger partial charge < -0.3 is 20.6 Å². The van der Waals surface area contributed by atoms with E-state index in [2.05, 4.69) is 10.3 Å². The Morgan fingerprint density at radius 2 is 2.12 bits per heavy atom. The van der Waals surface area contributed by atoms with Crippen molar-refractivity contribution < 1.29 is 24.9 Å². The van der Waals surface area contributed by atoms with Gasteiger partial charge in [0.25, 0.3) is 5.91 Å². The van der Waals surface area contributed by atoms with Crippen LogP contribution >= 0.6 is 0 Å². The number of pyridine rings is 1. The van der Waals surface area contributed by atoms with Crippen LogP contribution in [-0.4, -0.2) is 44.8 Å². The Balaban J connectivity index is 2.43. The van der Waals surface area contributed by atoms with E-state index in [4.69, 9.17) is 15.3 Å². The molecule has 1 heterocycles. The third-order valence-electron chi connectivity index (χ3n) is 1.97. The molecule has 1 rings (SSSR count). The summed E-state index contributed by atoms with van der Waals surface area (Å²) in [6.45, 7) is 0.0158. The number of hydrogen-bond donors (Lipinski definition) is 4. The molecule has 7 nitrogen and oxygen atoms in total. The molecule has 0 aliphatic rings. The number of aliphatic hydroxyl groups is 1. The number of carboxylic acids is 1. The third kappa shape index (κ3) is 4.07. The van der Waals surface area contributed by atoms with Crippen molar-refractivity contribution in [3.63, 3.8) is 0 Å². The lowest BCUT2D eigenvalue weighted by Crippen LogP contribution is -2.30. The van der Waals surface area contributed by atoms with Gasteiger partial charge in [-0.3, -0.25) is 9.78 Å². The van der Waals surface area contributed by atoms with Crippen molar-refractivity contribution in [1.29, 1.82) is 0 Å². The number of aliphatic carboxylic acids is 1. The van der Waals surface area contributed by atoms with Gasteiger partial charge in [0.2, 0.25) is 0 Å². The largest absolute Gasteiger partial charge is 0.506 e. The van der Waals surface area contributed by atoms with E-state index in [1.165, 1.54) is 18.5 Å². The fourth-order valence-electron chi connectivity index (χ4n) is 1.10. The highest BCUT2D eigenvalue weighted by molar-refractivity contribution is 5.94. The summed E-state index contributed by atoms with van der Waals surface area (Å²) in [4.78, 5) is 25.4. The van der Waals surface area contributed by atoms with Crippen LogP contribution < -0.4 is 5.32 Å². The van der Waals surface area contributed by atoms with E-state index < -0.39 is 18.0 Å². The Morgan fingerprint density at radius 3 is 2.71 bits per heavy atom. The predicted octanol–water partition coefficient (Wildman–Crippen LogP) is -0.647. The number of carbonyl (C=O) groups is 2. The van der Waals surface area contributed by atoms with E-state index in [9.17, 15) is 9.59 Å². The molecule has 0 saturated heterocycles. The number of aromatic hydroxyl groups is 1. The maximum Gasteiger partial charge on any atom is 0.332 e. The van der Waals surface area contributed by atoms with Crippen LogP contribution in [0.25, 0.3) is 0 Å². The van der Waals surface area contributed by atoms with Gasteiger partial charge in [0, 0.05) is 19.2 Å². The SMILES string of the molecule is O=C(NCCC(O)C(=O)O)c1cncc(O)c1. The fourth-order valence-corrected chi connectivity index (χ4v) is 1.10. The normalized spacial score (nSPS) is 11.8. The Labute approximate surface area is 96.7 Å². The first kappa shape index (κ1) is 12.9. The summed E-state index contributed by atoms with van der Waals surface area (Å²) in [7, 11) is 0. The van der Waals surface area contributed by atoms with Gasteiger partial charge in [-0.2, -0.15) is 0 Å². The van der Waals surface area contributed by atoms with Crippen molar-refractivity contribution in [2.45, 2.75) is 12.5 Å². The zero-order chi connectivity index (χ0) is 12.8. The third-order valence-corrected chi connectivity index (χ3v) is 1.97. The molecule has 0 aromatic carbocycles. The number of carboxylic acid groups (broad SMARTS) is 1. The summed E-state index contributed by atoms with van der Waals surface area (Å²) >= 11 is 0. The highest BCUT2D eigenvalue weighted by Gasteiger charge is 2.13. The molecule has 17 heavy (non-hydrogen) atoms. The minimum atomic E-state index is -1.50. The molecule has 1 unspecified atom stereocenters. The van der Waals surface area contributed by atoms with Crippen LogP contribution in [0.3, 0.4) is 0 Å². The van der Waals surface area contributed by atoms with Crippen LogP contribution in [0, 0.1) is 0 Å². The molecule has 0 spiro atoms. The lowest BCUT2D eigenvalue weighted by Gasteiger charge is -2.07. The summed E-state index contributed by atoms with van der Waals surface area (Å²) in [5, 5.41) is 28.8. The molecule has 0 aliphatic heterocycles. The van der Waals surface area contributed by atoms with Crippen molar-refractivity contribution in [3.05, 3.63) is 24.0 Å². The second-order valence-electron chi connectivity index (χ2n) is 3.33. The number of nitrogens with one attached hydrogen (secondary N) is 1. The van der Waals surface area contributed by atoms with Crippen LogP contribution in [0.4, 0.5) is 0 Å². The molecule has 1 atom stereocenters. The van der Waals surface area contributed by atoms with Gasteiger partial charge in [0.05, 0.1) is 11.8 Å². The van der Waals surface area contributed by atoms with Gasteiger partial charge in [0.1, 0.15) is 5.75 Å². The number of aromatic nitrogens is 1.